The number of halogens is 2. The summed E-state index contributed by atoms with van der Waals surface area (Å²) in [6.45, 7) is 1.88. The number of carbonyl (C=O) groups is 1. The molecule has 0 bridgehead atoms. The van der Waals surface area contributed by atoms with Crippen molar-refractivity contribution in [3.05, 3.63) is 58.4 Å². The molecule has 0 heterocycles. The predicted molar refractivity (Wildman–Crippen MR) is 75.0 cm³/mol. The van der Waals surface area contributed by atoms with Crippen molar-refractivity contribution in [2.45, 2.75) is 6.92 Å². The Labute approximate surface area is 115 Å². The van der Waals surface area contributed by atoms with E-state index in [2.05, 4.69) is 5.32 Å². The summed E-state index contributed by atoms with van der Waals surface area (Å²) < 4.78 is 12.9. The van der Waals surface area contributed by atoms with Gasteiger partial charge in [-0.25, -0.2) is 4.39 Å². The molecule has 5 heteroatoms. The highest BCUT2D eigenvalue weighted by Crippen LogP contribution is 2.24. The van der Waals surface area contributed by atoms with E-state index in [-0.39, 0.29) is 10.9 Å². The summed E-state index contributed by atoms with van der Waals surface area (Å²) in [5, 5.41) is 2.73. The van der Waals surface area contributed by atoms with Crippen LogP contribution in [-0.4, -0.2) is 5.91 Å². The smallest absolute Gasteiger partial charge is 0.257 e. The molecular formula is C14H12ClFN2O. The van der Waals surface area contributed by atoms with Crippen LogP contribution in [0.2, 0.25) is 5.02 Å². The van der Waals surface area contributed by atoms with Crippen molar-refractivity contribution in [3.8, 4) is 0 Å². The summed E-state index contributed by atoms with van der Waals surface area (Å²) in [6.07, 6.45) is 0. The van der Waals surface area contributed by atoms with Crippen LogP contribution < -0.4 is 11.1 Å². The molecule has 0 aliphatic heterocycles. The van der Waals surface area contributed by atoms with Gasteiger partial charge in [0.2, 0.25) is 0 Å². The molecular weight excluding hydrogens is 267 g/mol. The van der Waals surface area contributed by atoms with Crippen molar-refractivity contribution < 1.29 is 9.18 Å². The zero-order valence-electron chi connectivity index (χ0n) is 10.2. The lowest BCUT2D eigenvalue weighted by molar-refractivity contribution is 0.102. The molecule has 0 spiro atoms. The quantitative estimate of drug-likeness (QED) is 0.824. The fourth-order valence-electron chi connectivity index (χ4n) is 1.67. The monoisotopic (exact) mass is 278 g/mol. The molecule has 0 radical (unpaired) electrons. The van der Waals surface area contributed by atoms with Gasteiger partial charge in [-0.05, 0) is 42.8 Å². The average molecular weight is 279 g/mol. The van der Waals surface area contributed by atoms with Crippen molar-refractivity contribution in [3.63, 3.8) is 0 Å². The van der Waals surface area contributed by atoms with Gasteiger partial charge in [-0.1, -0.05) is 17.7 Å². The maximum Gasteiger partial charge on any atom is 0.257 e. The van der Waals surface area contributed by atoms with Gasteiger partial charge in [0.05, 0.1) is 16.3 Å². The third-order valence-electron chi connectivity index (χ3n) is 2.63. The van der Waals surface area contributed by atoms with E-state index in [1.165, 1.54) is 12.1 Å². The highest BCUT2D eigenvalue weighted by atomic mass is 35.5. The third-order valence-corrected chi connectivity index (χ3v) is 2.94. The Bertz CT molecular complexity index is 643. The summed E-state index contributed by atoms with van der Waals surface area (Å²) in [5.74, 6) is -0.844. The van der Waals surface area contributed by atoms with Crippen LogP contribution >= 0.6 is 11.6 Å². The topological polar surface area (TPSA) is 55.1 Å². The van der Waals surface area contributed by atoms with Crippen LogP contribution in [0, 0.1) is 12.7 Å². The van der Waals surface area contributed by atoms with E-state index in [4.69, 9.17) is 17.3 Å². The number of hydrogen-bond donors (Lipinski definition) is 2. The van der Waals surface area contributed by atoms with Crippen LogP contribution in [-0.2, 0) is 0 Å². The van der Waals surface area contributed by atoms with Gasteiger partial charge in [-0.3, -0.25) is 4.79 Å². The Morgan fingerprint density at radius 2 is 2.00 bits per heavy atom. The lowest BCUT2D eigenvalue weighted by atomic mass is 10.1. The largest absolute Gasteiger partial charge is 0.398 e. The van der Waals surface area contributed by atoms with Gasteiger partial charge in [0.1, 0.15) is 5.82 Å². The second kappa shape index (κ2) is 5.28. The van der Waals surface area contributed by atoms with Crippen molar-refractivity contribution in [1.82, 2.24) is 0 Å². The fraction of sp³-hybridized carbons (Fsp3) is 0.0714. The van der Waals surface area contributed by atoms with Gasteiger partial charge >= 0.3 is 0 Å². The van der Waals surface area contributed by atoms with Crippen molar-refractivity contribution in [1.29, 1.82) is 0 Å². The molecule has 2 rings (SSSR count). The number of hydrogen-bond acceptors (Lipinski definition) is 2. The normalized spacial score (nSPS) is 10.3. The van der Waals surface area contributed by atoms with Gasteiger partial charge in [-0.15, -0.1) is 0 Å². The van der Waals surface area contributed by atoms with Gasteiger partial charge in [0, 0.05) is 5.69 Å². The third kappa shape index (κ3) is 3.03. The molecule has 0 fully saturated rings. The van der Waals surface area contributed by atoms with E-state index in [9.17, 15) is 9.18 Å². The Hall–Kier alpha value is -2.07. The Morgan fingerprint density at radius 1 is 1.26 bits per heavy atom. The molecule has 0 atom stereocenters. The van der Waals surface area contributed by atoms with Crippen LogP contribution in [0.15, 0.2) is 36.4 Å². The molecule has 98 valence electrons. The fourth-order valence-corrected chi connectivity index (χ4v) is 1.88. The first kappa shape index (κ1) is 13.4. The van der Waals surface area contributed by atoms with E-state index in [0.29, 0.717) is 16.9 Å². The van der Waals surface area contributed by atoms with E-state index >= 15 is 0 Å². The molecule has 0 aliphatic rings. The highest BCUT2D eigenvalue weighted by Gasteiger charge is 2.11. The molecule has 3 nitrogen and oxygen atoms in total. The number of nitrogens with two attached hydrogens (primary N) is 1. The zero-order chi connectivity index (χ0) is 14.0. The van der Waals surface area contributed by atoms with Gasteiger partial charge in [0.15, 0.2) is 0 Å². The summed E-state index contributed by atoms with van der Waals surface area (Å²) in [4.78, 5) is 12.0. The van der Waals surface area contributed by atoms with Gasteiger partial charge in [-0.2, -0.15) is 0 Å². The molecule has 0 saturated carbocycles. The number of anilines is 2. The van der Waals surface area contributed by atoms with E-state index in [0.717, 1.165) is 11.6 Å². The van der Waals surface area contributed by atoms with Crippen LogP contribution in [0.1, 0.15) is 15.9 Å². The Balaban J connectivity index is 2.25. The standard InChI is InChI=1S/C14H12ClFN2O/c1-8-2-4-10(12(17)6-8)14(19)18-13-5-3-9(16)7-11(13)15/h2-7H,17H2,1H3,(H,18,19). The molecule has 19 heavy (non-hydrogen) atoms. The van der Waals surface area contributed by atoms with Gasteiger partial charge < -0.3 is 11.1 Å². The van der Waals surface area contributed by atoms with Crippen molar-refractivity contribution in [2.24, 2.45) is 0 Å². The first-order chi connectivity index (χ1) is 8.97. The zero-order valence-corrected chi connectivity index (χ0v) is 11.0. The maximum atomic E-state index is 12.9. The Kier molecular flexibility index (Phi) is 3.71. The van der Waals surface area contributed by atoms with Crippen LogP contribution in [0.4, 0.5) is 15.8 Å². The minimum Gasteiger partial charge on any atom is -0.398 e. The number of carbonyl (C=O) groups excluding carboxylic acids is 1. The maximum absolute atomic E-state index is 12.9. The number of aryl methyl sites for hydroxylation is 1. The molecule has 3 N–H and O–H groups in total. The Morgan fingerprint density at radius 3 is 2.63 bits per heavy atom. The summed E-state index contributed by atoms with van der Waals surface area (Å²) in [7, 11) is 0. The first-order valence-electron chi connectivity index (χ1n) is 5.60. The number of amides is 1. The molecule has 2 aromatic rings. The number of benzene rings is 2. The lowest BCUT2D eigenvalue weighted by Gasteiger charge is -2.09. The van der Waals surface area contributed by atoms with Gasteiger partial charge in [0.25, 0.3) is 5.91 Å². The van der Waals surface area contributed by atoms with Crippen LogP contribution in [0.3, 0.4) is 0 Å². The molecule has 0 aliphatic carbocycles. The van der Waals surface area contributed by atoms with Crippen molar-refractivity contribution in [2.75, 3.05) is 11.1 Å². The summed E-state index contributed by atoms with van der Waals surface area (Å²) in [6, 6.07) is 8.89. The minimum absolute atomic E-state index is 0.138. The summed E-state index contributed by atoms with van der Waals surface area (Å²) in [5.41, 5.74) is 7.83. The number of rotatable bonds is 2. The van der Waals surface area contributed by atoms with E-state index in [1.54, 1.807) is 18.2 Å². The molecule has 2 aromatic carbocycles. The molecule has 0 unspecified atom stereocenters. The van der Waals surface area contributed by atoms with E-state index < -0.39 is 5.82 Å². The number of nitrogens with one attached hydrogen (secondary N) is 1. The molecule has 1 amide bonds. The average Bonchev–Trinajstić information content (AvgIpc) is 2.32. The summed E-state index contributed by atoms with van der Waals surface area (Å²) >= 11 is 5.84. The van der Waals surface area contributed by atoms with E-state index in [1.807, 2.05) is 6.92 Å². The predicted octanol–water partition coefficient (Wildman–Crippen LogP) is 3.62. The lowest BCUT2D eigenvalue weighted by Crippen LogP contribution is -2.14. The van der Waals surface area contributed by atoms with Crippen LogP contribution in [0.5, 0.6) is 0 Å². The van der Waals surface area contributed by atoms with Crippen LogP contribution in [0.25, 0.3) is 0 Å². The van der Waals surface area contributed by atoms with Crippen molar-refractivity contribution >= 4 is 28.9 Å². The molecule has 0 saturated heterocycles. The highest BCUT2D eigenvalue weighted by molar-refractivity contribution is 6.34. The second-order valence-corrected chi connectivity index (χ2v) is 4.58. The number of nitrogen functional groups attached to an aromatic ring is 1. The minimum atomic E-state index is -0.460. The molecule has 0 aromatic heterocycles. The second-order valence-electron chi connectivity index (χ2n) is 4.17. The SMILES string of the molecule is Cc1ccc(C(=O)Nc2ccc(F)cc2Cl)c(N)c1. The first-order valence-corrected chi connectivity index (χ1v) is 5.97.